The topological polar surface area (TPSA) is 20.3 Å². The van der Waals surface area contributed by atoms with E-state index >= 15 is 0 Å². The SMILES string of the molecule is C[C@]12CC[C@H]([C@H]3c4ccccc4CCN3c3ccccc3)C[C@@H]1CC[C@@H]1[C@@H]2CC[C@]2(C)C(=O)CC[C@@H]12. The maximum Gasteiger partial charge on any atom is 0.139 e. The van der Waals surface area contributed by atoms with E-state index in [4.69, 9.17) is 0 Å². The van der Waals surface area contributed by atoms with Crippen LogP contribution < -0.4 is 4.90 Å². The van der Waals surface area contributed by atoms with Gasteiger partial charge in [0.05, 0.1) is 6.04 Å². The number of para-hydroxylation sites is 1. The van der Waals surface area contributed by atoms with E-state index in [0.29, 0.717) is 23.2 Å². The van der Waals surface area contributed by atoms with Crippen LogP contribution in [0.25, 0.3) is 0 Å². The number of hydrogen-bond acceptors (Lipinski definition) is 2. The number of Topliss-reactive ketones (excluding diaryl/α,β-unsaturated/α-hetero) is 1. The predicted molar refractivity (Wildman–Crippen MR) is 147 cm³/mol. The van der Waals surface area contributed by atoms with Crippen LogP contribution in [0.5, 0.6) is 0 Å². The van der Waals surface area contributed by atoms with Crippen LogP contribution in [0.3, 0.4) is 0 Å². The molecule has 7 rings (SSSR count). The third-order valence-electron chi connectivity index (χ3n) is 12.3. The Hall–Kier alpha value is -2.09. The Morgan fingerprint density at radius 2 is 1.61 bits per heavy atom. The van der Waals surface area contributed by atoms with Crippen molar-refractivity contribution >= 4 is 11.5 Å². The highest BCUT2D eigenvalue weighted by atomic mass is 16.1. The minimum atomic E-state index is 0.00353. The Morgan fingerprint density at radius 3 is 2.47 bits per heavy atom. The summed E-state index contributed by atoms with van der Waals surface area (Å²) < 4.78 is 0. The van der Waals surface area contributed by atoms with Gasteiger partial charge in [0.2, 0.25) is 0 Å². The molecule has 36 heavy (non-hydrogen) atoms. The molecule has 2 nitrogen and oxygen atoms in total. The molecule has 8 atom stereocenters. The highest BCUT2D eigenvalue weighted by molar-refractivity contribution is 5.87. The van der Waals surface area contributed by atoms with Crippen molar-refractivity contribution in [2.24, 2.45) is 40.4 Å². The third-order valence-corrected chi connectivity index (χ3v) is 12.3. The van der Waals surface area contributed by atoms with E-state index in [-0.39, 0.29) is 5.41 Å². The van der Waals surface area contributed by atoms with Crippen LogP contribution in [0, 0.1) is 40.4 Å². The van der Waals surface area contributed by atoms with Crippen molar-refractivity contribution < 1.29 is 4.79 Å². The first-order valence-electron chi connectivity index (χ1n) is 14.9. The Labute approximate surface area is 217 Å². The quantitative estimate of drug-likeness (QED) is 0.433. The van der Waals surface area contributed by atoms with Crippen LogP contribution in [0.1, 0.15) is 88.8 Å². The van der Waals surface area contributed by atoms with Gasteiger partial charge in [-0.1, -0.05) is 56.3 Å². The monoisotopic (exact) mass is 481 g/mol. The zero-order valence-corrected chi connectivity index (χ0v) is 22.3. The summed E-state index contributed by atoms with van der Waals surface area (Å²) in [5, 5.41) is 0. The second-order valence-corrected chi connectivity index (χ2v) is 13.5. The Balaban J connectivity index is 1.18. The second kappa shape index (κ2) is 8.47. The Kier molecular flexibility index (Phi) is 5.42. The van der Waals surface area contributed by atoms with E-state index in [1.807, 2.05) is 0 Å². The molecule has 4 saturated carbocycles. The molecule has 0 bridgehead atoms. The van der Waals surface area contributed by atoms with Gasteiger partial charge in [-0.05, 0) is 116 Å². The Morgan fingerprint density at radius 1 is 0.806 bits per heavy atom. The van der Waals surface area contributed by atoms with Crippen molar-refractivity contribution in [3.63, 3.8) is 0 Å². The molecule has 0 radical (unpaired) electrons. The molecule has 4 aliphatic carbocycles. The zero-order valence-electron chi connectivity index (χ0n) is 22.3. The molecule has 1 aliphatic heterocycles. The van der Waals surface area contributed by atoms with E-state index in [1.54, 1.807) is 11.1 Å². The molecule has 0 aromatic heterocycles. The lowest BCUT2D eigenvalue weighted by Crippen LogP contribution is -2.54. The van der Waals surface area contributed by atoms with Crippen LogP contribution in [0.15, 0.2) is 54.6 Å². The van der Waals surface area contributed by atoms with Gasteiger partial charge in [-0.25, -0.2) is 0 Å². The van der Waals surface area contributed by atoms with Crippen LogP contribution >= 0.6 is 0 Å². The average Bonchev–Trinajstić information content (AvgIpc) is 3.22. The summed E-state index contributed by atoms with van der Waals surface area (Å²) in [4.78, 5) is 15.6. The van der Waals surface area contributed by atoms with Gasteiger partial charge in [0.25, 0.3) is 0 Å². The minimum absolute atomic E-state index is 0.00353. The smallest absolute Gasteiger partial charge is 0.139 e. The van der Waals surface area contributed by atoms with Crippen molar-refractivity contribution in [1.82, 2.24) is 0 Å². The van der Waals surface area contributed by atoms with Crippen LogP contribution in [0.4, 0.5) is 5.69 Å². The number of rotatable bonds is 2. The molecule has 0 unspecified atom stereocenters. The highest BCUT2D eigenvalue weighted by Crippen LogP contribution is 2.66. The van der Waals surface area contributed by atoms with E-state index < -0.39 is 0 Å². The van der Waals surface area contributed by atoms with Gasteiger partial charge in [0.1, 0.15) is 5.78 Å². The maximum atomic E-state index is 12.8. The van der Waals surface area contributed by atoms with E-state index in [2.05, 4.69) is 73.3 Å². The van der Waals surface area contributed by atoms with E-state index in [1.165, 1.54) is 50.6 Å². The molecule has 1 heterocycles. The van der Waals surface area contributed by atoms with E-state index in [0.717, 1.165) is 49.5 Å². The number of ketones is 1. The summed E-state index contributed by atoms with van der Waals surface area (Å²) in [7, 11) is 0. The molecular formula is C34H43NO. The zero-order chi connectivity index (χ0) is 24.5. The lowest BCUT2D eigenvalue weighted by molar-refractivity contribution is -0.140. The first kappa shape index (κ1) is 23.1. The first-order valence-corrected chi connectivity index (χ1v) is 14.9. The molecule has 2 aromatic rings. The number of anilines is 1. The molecular weight excluding hydrogens is 438 g/mol. The summed E-state index contributed by atoms with van der Waals surface area (Å²) in [5.74, 6) is 4.44. The molecule has 190 valence electrons. The average molecular weight is 482 g/mol. The second-order valence-electron chi connectivity index (χ2n) is 13.5. The molecule has 4 fully saturated rings. The highest BCUT2D eigenvalue weighted by Gasteiger charge is 2.60. The number of carbonyl (C=O) groups excluding carboxylic acids is 1. The van der Waals surface area contributed by atoms with Gasteiger partial charge in [-0.2, -0.15) is 0 Å². The number of nitrogens with zero attached hydrogens (tertiary/aromatic N) is 1. The van der Waals surface area contributed by atoms with Gasteiger partial charge in [-0.15, -0.1) is 0 Å². The van der Waals surface area contributed by atoms with Gasteiger partial charge < -0.3 is 4.90 Å². The largest absolute Gasteiger partial charge is 0.364 e. The van der Waals surface area contributed by atoms with E-state index in [9.17, 15) is 4.79 Å². The van der Waals surface area contributed by atoms with Gasteiger partial charge >= 0.3 is 0 Å². The van der Waals surface area contributed by atoms with Crippen molar-refractivity contribution in [2.45, 2.75) is 84.1 Å². The van der Waals surface area contributed by atoms with Crippen LogP contribution in [-0.2, 0) is 11.2 Å². The maximum absolute atomic E-state index is 12.8. The van der Waals surface area contributed by atoms with Crippen molar-refractivity contribution in [1.29, 1.82) is 0 Å². The molecule has 0 saturated heterocycles. The lowest BCUT2D eigenvalue weighted by atomic mass is 9.44. The summed E-state index contributed by atoms with van der Waals surface area (Å²) in [6, 6.07) is 21.0. The normalized spacial score (nSPS) is 41.7. The van der Waals surface area contributed by atoms with Crippen molar-refractivity contribution in [2.75, 3.05) is 11.4 Å². The number of carbonyl (C=O) groups is 1. The minimum Gasteiger partial charge on any atom is -0.364 e. The predicted octanol–water partition coefficient (Wildman–Crippen LogP) is 8.02. The number of benzene rings is 2. The standard InChI is InChI=1S/C34H43NO/c1-33-19-16-24(22-25(33)12-13-28-29-14-15-31(36)34(29,2)20-17-30(28)33)32-27-11-7-6-8-23(27)18-21-35(32)26-9-4-3-5-10-26/h3-11,24-25,28-30,32H,12-22H2,1-2H3/t24-,25-,28-,29-,30-,32-,33-,34-/m0/s1. The fraction of sp³-hybridized carbons (Fsp3) is 0.618. The summed E-state index contributed by atoms with van der Waals surface area (Å²) >= 11 is 0. The summed E-state index contributed by atoms with van der Waals surface area (Å²) in [6.07, 6.45) is 12.5. The van der Waals surface area contributed by atoms with Crippen molar-refractivity contribution in [3.05, 3.63) is 65.7 Å². The number of fused-ring (bicyclic) bond motifs is 6. The van der Waals surface area contributed by atoms with Crippen LogP contribution in [-0.4, -0.2) is 12.3 Å². The van der Waals surface area contributed by atoms with Gasteiger partial charge in [-0.3, -0.25) is 4.79 Å². The third kappa shape index (κ3) is 3.31. The van der Waals surface area contributed by atoms with Crippen LogP contribution in [0.2, 0.25) is 0 Å². The fourth-order valence-electron chi connectivity index (χ4n) is 10.4. The Bertz CT molecular complexity index is 1140. The molecule has 5 aliphatic rings. The molecule has 0 spiro atoms. The molecule has 2 heteroatoms. The van der Waals surface area contributed by atoms with Crippen molar-refractivity contribution in [3.8, 4) is 0 Å². The molecule has 2 aromatic carbocycles. The summed E-state index contributed by atoms with van der Waals surface area (Å²) in [6.45, 7) is 6.13. The van der Waals surface area contributed by atoms with Gasteiger partial charge in [0, 0.05) is 24.1 Å². The fourth-order valence-corrected chi connectivity index (χ4v) is 10.4. The van der Waals surface area contributed by atoms with Gasteiger partial charge in [0.15, 0.2) is 0 Å². The first-order chi connectivity index (χ1) is 17.5. The summed E-state index contributed by atoms with van der Waals surface area (Å²) in [5.41, 5.74) is 5.03. The molecule has 0 N–H and O–H groups in total. The lowest BCUT2D eigenvalue weighted by Gasteiger charge is -2.61. The number of hydrogen-bond donors (Lipinski definition) is 0. The molecule has 0 amide bonds.